The smallest absolute Gasteiger partial charge is 0.0124 e. The lowest BCUT2D eigenvalue weighted by atomic mass is 9.39. The molecule has 0 amide bonds. The second kappa shape index (κ2) is 4.60. The second-order valence-corrected chi connectivity index (χ2v) is 9.33. The normalized spacial score (nSPS) is 47.5. The van der Waals surface area contributed by atoms with Crippen molar-refractivity contribution in [1.29, 1.82) is 0 Å². The summed E-state index contributed by atoms with van der Waals surface area (Å²) in [6.45, 7) is 11.4. The molecule has 1 nitrogen and oxygen atoms in total. The first-order chi connectivity index (χ1) is 9.28. The zero-order valence-electron chi connectivity index (χ0n) is 14.0. The van der Waals surface area contributed by atoms with Gasteiger partial charge in [0.05, 0.1) is 0 Å². The van der Waals surface area contributed by atoms with E-state index in [9.17, 15) is 0 Å². The average molecular weight is 275 g/mol. The summed E-state index contributed by atoms with van der Waals surface area (Å²) in [7, 11) is 2.19. The van der Waals surface area contributed by atoms with Crippen molar-refractivity contribution in [2.75, 3.05) is 7.05 Å². The zero-order chi connectivity index (χ0) is 14.6. The van der Waals surface area contributed by atoms with E-state index in [2.05, 4.69) is 39.7 Å². The summed E-state index contributed by atoms with van der Waals surface area (Å²) in [4.78, 5) is 0. The maximum atomic E-state index is 4.11. The lowest BCUT2D eigenvalue weighted by Crippen LogP contribution is -2.61. The van der Waals surface area contributed by atoms with Crippen LogP contribution in [0.1, 0.15) is 72.1 Å². The summed E-state index contributed by atoms with van der Waals surface area (Å²) in [6.07, 6.45) is 11.4. The highest BCUT2D eigenvalue weighted by Crippen LogP contribution is 2.70. The highest BCUT2D eigenvalue weighted by Gasteiger charge is 2.61. The van der Waals surface area contributed by atoms with Crippen LogP contribution in [-0.2, 0) is 0 Å². The number of allylic oxidation sites excluding steroid dienone is 1. The van der Waals surface area contributed by atoms with Crippen LogP contribution in [0.2, 0.25) is 0 Å². The predicted octanol–water partition coefficient (Wildman–Crippen LogP) is 4.93. The zero-order valence-corrected chi connectivity index (χ0v) is 14.0. The van der Waals surface area contributed by atoms with Gasteiger partial charge in [0, 0.05) is 6.04 Å². The summed E-state index contributed by atoms with van der Waals surface area (Å²) >= 11 is 0. The SMILES string of the molecule is C=C(C)CCC(NC)C12CC3CC(C)(CC(C)(C3)C1)C2. The van der Waals surface area contributed by atoms with Crippen LogP contribution >= 0.6 is 0 Å². The molecule has 4 bridgehead atoms. The van der Waals surface area contributed by atoms with Crippen LogP contribution < -0.4 is 5.32 Å². The Hall–Kier alpha value is -0.300. The standard InChI is InChI=1S/C19H33N/c1-14(2)6-7-16(20-5)19-10-15-8-17(3,12-19)11-18(4,9-15)13-19/h15-16,20H,1,6-13H2,2-5H3. The van der Waals surface area contributed by atoms with Gasteiger partial charge < -0.3 is 5.32 Å². The maximum Gasteiger partial charge on any atom is 0.0124 e. The Bertz CT molecular complexity index is 392. The Labute approximate surface area is 125 Å². The fourth-order valence-corrected chi connectivity index (χ4v) is 7.07. The van der Waals surface area contributed by atoms with Crippen molar-refractivity contribution in [3.05, 3.63) is 12.2 Å². The molecular weight excluding hydrogens is 242 g/mol. The van der Waals surface area contributed by atoms with Gasteiger partial charge in [0.2, 0.25) is 0 Å². The van der Waals surface area contributed by atoms with Crippen molar-refractivity contribution in [1.82, 2.24) is 5.32 Å². The molecular formula is C19H33N. The maximum absolute atomic E-state index is 4.11. The summed E-state index contributed by atoms with van der Waals surface area (Å²) in [5.74, 6) is 1.00. The minimum absolute atomic E-state index is 0.577. The van der Waals surface area contributed by atoms with Gasteiger partial charge >= 0.3 is 0 Å². The molecule has 4 saturated carbocycles. The number of nitrogens with one attached hydrogen (secondary N) is 1. The molecule has 4 aliphatic carbocycles. The molecule has 4 rings (SSSR count). The summed E-state index contributed by atoms with van der Waals surface area (Å²) < 4.78 is 0. The Balaban J connectivity index is 1.85. The quantitative estimate of drug-likeness (QED) is 0.702. The number of hydrogen-bond acceptors (Lipinski definition) is 1. The fourth-order valence-electron chi connectivity index (χ4n) is 7.07. The minimum atomic E-state index is 0.577. The van der Waals surface area contributed by atoms with Gasteiger partial charge in [0.15, 0.2) is 0 Å². The summed E-state index contributed by atoms with van der Waals surface area (Å²) in [6, 6.07) is 0.696. The van der Waals surface area contributed by atoms with Gasteiger partial charge in [0.1, 0.15) is 0 Å². The molecule has 0 aliphatic heterocycles. The van der Waals surface area contributed by atoms with Crippen LogP contribution in [-0.4, -0.2) is 13.1 Å². The number of hydrogen-bond donors (Lipinski definition) is 1. The van der Waals surface area contributed by atoms with E-state index < -0.39 is 0 Å². The van der Waals surface area contributed by atoms with Crippen LogP contribution in [0.15, 0.2) is 12.2 Å². The van der Waals surface area contributed by atoms with E-state index in [1.807, 2.05) is 0 Å². The third-order valence-corrected chi connectivity index (χ3v) is 6.62. The molecule has 4 aliphatic rings. The van der Waals surface area contributed by atoms with Crippen molar-refractivity contribution < 1.29 is 0 Å². The molecule has 0 spiro atoms. The molecule has 0 aromatic carbocycles. The Kier molecular flexibility index (Phi) is 3.36. The van der Waals surface area contributed by atoms with E-state index in [-0.39, 0.29) is 0 Å². The fraction of sp³-hybridized carbons (Fsp3) is 0.895. The summed E-state index contributed by atoms with van der Waals surface area (Å²) in [5, 5.41) is 3.71. The van der Waals surface area contributed by atoms with Gasteiger partial charge in [-0.1, -0.05) is 19.4 Å². The molecule has 0 aromatic heterocycles. The van der Waals surface area contributed by atoms with Gasteiger partial charge in [-0.2, -0.15) is 0 Å². The van der Waals surface area contributed by atoms with Crippen molar-refractivity contribution in [2.24, 2.45) is 22.2 Å². The van der Waals surface area contributed by atoms with Gasteiger partial charge in [-0.15, -0.1) is 6.58 Å². The first-order valence-electron chi connectivity index (χ1n) is 8.60. The lowest BCUT2D eigenvalue weighted by molar-refractivity contribution is -0.157. The van der Waals surface area contributed by atoms with Crippen molar-refractivity contribution in [3.8, 4) is 0 Å². The minimum Gasteiger partial charge on any atom is -0.316 e. The van der Waals surface area contributed by atoms with Crippen LogP contribution in [0.5, 0.6) is 0 Å². The summed E-state index contributed by atoms with van der Waals surface area (Å²) in [5.41, 5.74) is 3.18. The predicted molar refractivity (Wildman–Crippen MR) is 86.7 cm³/mol. The molecule has 3 unspecified atom stereocenters. The second-order valence-electron chi connectivity index (χ2n) is 9.33. The third-order valence-electron chi connectivity index (χ3n) is 6.62. The van der Waals surface area contributed by atoms with E-state index in [0.29, 0.717) is 22.3 Å². The van der Waals surface area contributed by atoms with E-state index in [0.717, 1.165) is 5.92 Å². The van der Waals surface area contributed by atoms with E-state index >= 15 is 0 Å². The van der Waals surface area contributed by atoms with E-state index in [1.165, 1.54) is 56.9 Å². The first-order valence-corrected chi connectivity index (χ1v) is 8.60. The molecule has 0 radical (unpaired) electrons. The highest BCUT2D eigenvalue weighted by atomic mass is 14.9. The average Bonchev–Trinajstić information content (AvgIpc) is 2.23. The molecule has 114 valence electrons. The van der Waals surface area contributed by atoms with Gasteiger partial charge in [-0.05, 0) is 87.5 Å². The van der Waals surface area contributed by atoms with Gasteiger partial charge in [-0.3, -0.25) is 0 Å². The molecule has 0 saturated heterocycles. The van der Waals surface area contributed by atoms with Crippen LogP contribution in [0.4, 0.5) is 0 Å². The molecule has 4 fully saturated rings. The van der Waals surface area contributed by atoms with Crippen LogP contribution in [0.25, 0.3) is 0 Å². The first kappa shape index (κ1) is 14.6. The van der Waals surface area contributed by atoms with Crippen LogP contribution in [0.3, 0.4) is 0 Å². The topological polar surface area (TPSA) is 12.0 Å². The number of rotatable bonds is 5. The highest BCUT2D eigenvalue weighted by molar-refractivity contribution is 5.13. The monoisotopic (exact) mass is 275 g/mol. The molecule has 1 heteroatoms. The largest absolute Gasteiger partial charge is 0.316 e. The van der Waals surface area contributed by atoms with Gasteiger partial charge in [-0.25, -0.2) is 0 Å². The van der Waals surface area contributed by atoms with E-state index in [4.69, 9.17) is 0 Å². The van der Waals surface area contributed by atoms with Crippen molar-refractivity contribution >= 4 is 0 Å². The van der Waals surface area contributed by atoms with Crippen molar-refractivity contribution in [2.45, 2.75) is 78.2 Å². The Morgan fingerprint density at radius 1 is 1.15 bits per heavy atom. The Morgan fingerprint density at radius 2 is 1.75 bits per heavy atom. The molecule has 1 N–H and O–H groups in total. The molecule has 3 atom stereocenters. The molecule has 20 heavy (non-hydrogen) atoms. The van der Waals surface area contributed by atoms with Gasteiger partial charge in [0.25, 0.3) is 0 Å². The Morgan fingerprint density at radius 3 is 2.20 bits per heavy atom. The molecule has 0 heterocycles. The molecule has 0 aromatic rings. The lowest BCUT2D eigenvalue weighted by Gasteiger charge is -2.67. The van der Waals surface area contributed by atoms with Crippen LogP contribution in [0, 0.1) is 22.2 Å². The van der Waals surface area contributed by atoms with E-state index in [1.54, 1.807) is 0 Å². The van der Waals surface area contributed by atoms with Crippen molar-refractivity contribution in [3.63, 3.8) is 0 Å². The third kappa shape index (κ3) is 2.36.